The van der Waals surface area contributed by atoms with Gasteiger partial charge in [-0.3, -0.25) is 9.20 Å². The summed E-state index contributed by atoms with van der Waals surface area (Å²) >= 11 is 1.44. The fourth-order valence-corrected chi connectivity index (χ4v) is 2.72. The number of aromatic nitrogens is 2. The number of nitrogens with one attached hydrogen (secondary N) is 1. The zero-order valence-corrected chi connectivity index (χ0v) is 11.6. The highest BCUT2D eigenvalue weighted by Crippen LogP contribution is 2.16. The fraction of sp³-hybridized carbons (Fsp3) is 0.308. The molecule has 20 heavy (non-hydrogen) atoms. The molecule has 0 aliphatic rings. The van der Waals surface area contributed by atoms with Crippen LogP contribution in [0, 0.1) is 19.3 Å². The van der Waals surface area contributed by atoms with Crippen LogP contribution in [0.3, 0.4) is 0 Å². The number of terminal acetylenes is 1. The van der Waals surface area contributed by atoms with Crippen LogP contribution >= 0.6 is 11.3 Å². The second-order valence-electron chi connectivity index (χ2n) is 4.31. The quantitative estimate of drug-likeness (QED) is 0.800. The Morgan fingerprint density at radius 3 is 3.05 bits per heavy atom. The summed E-state index contributed by atoms with van der Waals surface area (Å²) in [6.45, 7) is 1.87. The summed E-state index contributed by atoms with van der Waals surface area (Å²) in [4.78, 5) is 27.9. The van der Waals surface area contributed by atoms with E-state index in [0.717, 1.165) is 16.3 Å². The van der Waals surface area contributed by atoms with Gasteiger partial charge in [0.05, 0.1) is 12.1 Å². The van der Waals surface area contributed by atoms with Crippen LogP contribution in [0.25, 0.3) is 4.96 Å². The van der Waals surface area contributed by atoms with Crippen molar-refractivity contribution in [3.05, 3.63) is 23.0 Å². The summed E-state index contributed by atoms with van der Waals surface area (Å²) < 4.78 is 1.83. The third-order valence-electron chi connectivity index (χ3n) is 2.70. The molecule has 0 aromatic carbocycles. The van der Waals surface area contributed by atoms with Crippen molar-refractivity contribution in [2.75, 3.05) is 0 Å². The second-order valence-corrected chi connectivity index (χ2v) is 5.14. The first-order chi connectivity index (χ1) is 9.51. The molecule has 6 nitrogen and oxygen atoms in total. The minimum Gasteiger partial charge on any atom is -0.480 e. The number of amides is 1. The van der Waals surface area contributed by atoms with E-state index in [0.29, 0.717) is 0 Å². The Hall–Kier alpha value is -2.33. The number of carbonyl (C=O) groups is 2. The van der Waals surface area contributed by atoms with Gasteiger partial charge < -0.3 is 10.4 Å². The van der Waals surface area contributed by atoms with Gasteiger partial charge in [0, 0.05) is 23.7 Å². The average molecular weight is 291 g/mol. The van der Waals surface area contributed by atoms with E-state index < -0.39 is 12.0 Å². The Morgan fingerprint density at radius 1 is 1.65 bits per heavy atom. The Morgan fingerprint density at radius 2 is 2.40 bits per heavy atom. The molecule has 0 spiro atoms. The van der Waals surface area contributed by atoms with Gasteiger partial charge in [-0.05, 0) is 6.92 Å². The number of hydrogen-bond donors (Lipinski definition) is 2. The number of carboxylic acids is 1. The van der Waals surface area contributed by atoms with Gasteiger partial charge in [0.2, 0.25) is 5.91 Å². The predicted octanol–water partition coefficient (Wildman–Crippen LogP) is 0.839. The van der Waals surface area contributed by atoms with E-state index in [1.807, 2.05) is 22.9 Å². The third kappa shape index (κ3) is 2.97. The molecule has 2 rings (SSSR count). The molecule has 2 N–H and O–H groups in total. The van der Waals surface area contributed by atoms with Crippen molar-refractivity contribution in [1.82, 2.24) is 14.7 Å². The second kappa shape index (κ2) is 5.75. The largest absolute Gasteiger partial charge is 0.480 e. The van der Waals surface area contributed by atoms with Crippen molar-refractivity contribution in [3.8, 4) is 12.3 Å². The summed E-state index contributed by atoms with van der Waals surface area (Å²) in [5, 5.41) is 13.2. The molecule has 0 aliphatic carbocycles. The van der Waals surface area contributed by atoms with E-state index in [2.05, 4.69) is 16.2 Å². The van der Waals surface area contributed by atoms with Gasteiger partial charge >= 0.3 is 5.97 Å². The molecule has 0 aliphatic heterocycles. The molecule has 0 saturated heterocycles. The fourth-order valence-electron chi connectivity index (χ4n) is 1.80. The van der Waals surface area contributed by atoms with Crippen molar-refractivity contribution < 1.29 is 14.7 Å². The molecule has 2 aromatic rings. The van der Waals surface area contributed by atoms with Gasteiger partial charge in [-0.2, -0.15) is 0 Å². The van der Waals surface area contributed by atoms with Crippen LogP contribution in [0.5, 0.6) is 0 Å². The molecule has 2 aromatic heterocycles. The topological polar surface area (TPSA) is 83.7 Å². The van der Waals surface area contributed by atoms with Crippen molar-refractivity contribution in [1.29, 1.82) is 0 Å². The summed E-state index contributed by atoms with van der Waals surface area (Å²) in [7, 11) is 0. The van der Waals surface area contributed by atoms with E-state index in [1.165, 1.54) is 11.3 Å². The molecule has 0 fully saturated rings. The lowest BCUT2D eigenvalue weighted by molar-refractivity contribution is -0.141. The minimum absolute atomic E-state index is 0.0374. The molecule has 2 heterocycles. The molecule has 1 atom stereocenters. The lowest BCUT2D eigenvalue weighted by Gasteiger charge is -2.11. The summed E-state index contributed by atoms with van der Waals surface area (Å²) in [5.41, 5.74) is 1.64. The maximum absolute atomic E-state index is 11.9. The van der Waals surface area contributed by atoms with Gasteiger partial charge in [-0.1, -0.05) is 0 Å². The van der Waals surface area contributed by atoms with Crippen LogP contribution < -0.4 is 5.32 Å². The van der Waals surface area contributed by atoms with Gasteiger partial charge in [0.15, 0.2) is 4.96 Å². The van der Waals surface area contributed by atoms with E-state index >= 15 is 0 Å². The number of rotatable bonds is 5. The standard InChI is InChI=1S/C13H13N3O3S/c1-3-4-10(12(18)19)15-11(17)5-9-7-20-13-14-8(2)6-16(9)13/h1,6-7,10H,4-5H2,2H3,(H,15,17)(H,18,19). The van der Waals surface area contributed by atoms with Crippen LogP contribution in [0.2, 0.25) is 0 Å². The molecule has 104 valence electrons. The number of aliphatic carboxylic acids is 1. The zero-order valence-electron chi connectivity index (χ0n) is 10.8. The number of hydrogen-bond acceptors (Lipinski definition) is 4. The van der Waals surface area contributed by atoms with Crippen LogP contribution in [-0.2, 0) is 16.0 Å². The first-order valence-electron chi connectivity index (χ1n) is 5.89. The Balaban J connectivity index is 2.07. The van der Waals surface area contributed by atoms with Gasteiger partial charge in [-0.15, -0.1) is 23.7 Å². The summed E-state index contributed by atoms with van der Waals surface area (Å²) in [6, 6.07) is -1.05. The molecule has 0 bridgehead atoms. The Labute approximate surface area is 119 Å². The average Bonchev–Trinajstić information content (AvgIpc) is 2.89. The van der Waals surface area contributed by atoms with Crippen LogP contribution in [0.1, 0.15) is 17.8 Å². The molecule has 7 heteroatoms. The lowest BCUT2D eigenvalue weighted by Crippen LogP contribution is -2.41. The molecule has 0 radical (unpaired) electrons. The summed E-state index contributed by atoms with van der Waals surface area (Å²) in [5.74, 6) is 0.727. The molecule has 1 unspecified atom stereocenters. The smallest absolute Gasteiger partial charge is 0.327 e. The number of aryl methyl sites for hydroxylation is 1. The summed E-state index contributed by atoms with van der Waals surface area (Å²) in [6.07, 6.45) is 6.97. The van der Waals surface area contributed by atoms with E-state index in [1.54, 1.807) is 0 Å². The monoisotopic (exact) mass is 291 g/mol. The van der Waals surface area contributed by atoms with E-state index in [9.17, 15) is 9.59 Å². The number of imidazole rings is 1. The Kier molecular flexibility index (Phi) is 4.05. The number of fused-ring (bicyclic) bond motifs is 1. The number of nitrogens with zero attached hydrogens (tertiary/aromatic N) is 2. The minimum atomic E-state index is -1.13. The maximum Gasteiger partial charge on any atom is 0.327 e. The van der Waals surface area contributed by atoms with Crippen molar-refractivity contribution >= 4 is 28.2 Å². The number of carbonyl (C=O) groups excluding carboxylic acids is 1. The van der Waals surface area contributed by atoms with Crippen molar-refractivity contribution in [3.63, 3.8) is 0 Å². The van der Waals surface area contributed by atoms with Crippen molar-refractivity contribution in [2.45, 2.75) is 25.8 Å². The van der Waals surface area contributed by atoms with Crippen LogP contribution in [-0.4, -0.2) is 32.4 Å². The van der Waals surface area contributed by atoms with Crippen LogP contribution in [0.4, 0.5) is 0 Å². The highest BCUT2D eigenvalue weighted by atomic mass is 32.1. The van der Waals surface area contributed by atoms with Gasteiger partial charge in [-0.25, -0.2) is 9.78 Å². The highest BCUT2D eigenvalue weighted by Gasteiger charge is 2.19. The van der Waals surface area contributed by atoms with E-state index in [4.69, 9.17) is 11.5 Å². The van der Waals surface area contributed by atoms with E-state index in [-0.39, 0.29) is 18.7 Å². The van der Waals surface area contributed by atoms with Crippen molar-refractivity contribution in [2.24, 2.45) is 0 Å². The normalized spacial score (nSPS) is 12.0. The van der Waals surface area contributed by atoms with Crippen LogP contribution in [0.15, 0.2) is 11.6 Å². The van der Waals surface area contributed by atoms with Gasteiger partial charge in [0.25, 0.3) is 0 Å². The molecule has 1 amide bonds. The molecular weight excluding hydrogens is 278 g/mol. The molecular formula is C13H13N3O3S. The molecule has 0 saturated carbocycles. The lowest BCUT2D eigenvalue weighted by atomic mass is 10.2. The maximum atomic E-state index is 11.9. The zero-order chi connectivity index (χ0) is 14.7. The van der Waals surface area contributed by atoms with Gasteiger partial charge in [0.1, 0.15) is 6.04 Å². The number of thiazole rings is 1. The predicted molar refractivity (Wildman–Crippen MR) is 74.5 cm³/mol. The first kappa shape index (κ1) is 14.1. The number of carboxylic acid groups (broad SMARTS) is 1. The SMILES string of the molecule is C#CCC(NC(=O)Cc1csc2nc(C)cn12)C(=O)O. The Bertz CT molecular complexity index is 695. The first-order valence-corrected chi connectivity index (χ1v) is 6.77. The third-order valence-corrected chi connectivity index (χ3v) is 3.59. The highest BCUT2D eigenvalue weighted by molar-refractivity contribution is 7.15.